The zero-order valence-corrected chi connectivity index (χ0v) is 18.0. The first-order chi connectivity index (χ1) is 15.1. The van der Waals surface area contributed by atoms with Gasteiger partial charge in [0.15, 0.2) is 0 Å². The van der Waals surface area contributed by atoms with Crippen molar-refractivity contribution in [3.05, 3.63) is 47.3 Å². The van der Waals surface area contributed by atoms with Crippen molar-refractivity contribution in [2.75, 3.05) is 13.1 Å². The Morgan fingerprint density at radius 2 is 1.77 bits per heavy atom. The average Bonchev–Trinajstić information content (AvgIpc) is 3.56. The number of carbonyl (C=O) groups excluding carboxylic acids is 1. The van der Waals surface area contributed by atoms with Gasteiger partial charge in [-0.05, 0) is 75.0 Å². The highest BCUT2D eigenvalue weighted by atomic mass is 16.4. The van der Waals surface area contributed by atoms with Crippen LogP contribution in [0.15, 0.2) is 30.5 Å². The lowest BCUT2D eigenvalue weighted by molar-refractivity contribution is -0.137. The predicted octanol–water partition coefficient (Wildman–Crippen LogP) is 4.73. The quantitative estimate of drug-likeness (QED) is 0.757. The molecule has 31 heavy (non-hydrogen) atoms. The molecular weight excluding hydrogens is 390 g/mol. The molecule has 6 heteroatoms. The van der Waals surface area contributed by atoms with Crippen molar-refractivity contribution in [2.45, 2.75) is 69.6 Å². The van der Waals surface area contributed by atoms with Crippen LogP contribution in [-0.2, 0) is 4.79 Å². The van der Waals surface area contributed by atoms with Crippen molar-refractivity contribution in [1.29, 1.82) is 0 Å². The van der Waals surface area contributed by atoms with Crippen LogP contribution in [0.3, 0.4) is 0 Å². The van der Waals surface area contributed by atoms with E-state index in [0.717, 1.165) is 75.8 Å². The number of nitrogens with zero attached hydrogens (tertiary/aromatic N) is 3. The normalized spacial score (nSPS) is 24.2. The molecule has 2 saturated carbocycles. The molecule has 2 aromatic rings. The van der Waals surface area contributed by atoms with E-state index >= 15 is 0 Å². The highest BCUT2D eigenvalue weighted by molar-refractivity contribution is 5.89. The maximum absolute atomic E-state index is 13.1. The summed E-state index contributed by atoms with van der Waals surface area (Å²) in [5.41, 5.74) is 3.31. The molecule has 1 aromatic carbocycles. The highest BCUT2D eigenvalue weighted by Gasteiger charge is 2.34. The molecule has 0 bridgehead atoms. The van der Waals surface area contributed by atoms with Crippen LogP contribution in [0.4, 0.5) is 0 Å². The number of hydrogen-bond donors (Lipinski definition) is 1. The zero-order chi connectivity index (χ0) is 21.4. The van der Waals surface area contributed by atoms with Gasteiger partial charge in [0.25, 0.3) is 0 Å². The molecule has 1 N–H and O–H groups in total. The Labute approximate surface area is 183 Å². The first kappa shape index (κ1) is 20.3. The number of carboxylic acid groups (broad SMARTS) is 1. The number of likely N-dealkylation sites (tertiary alicyclic amines) is 1. The Bertz CT molecular complexity index is 972. The Morgan fingerprint density at radius 1 is 0.968 bits per heavy atom. The van der Waals surface area contributed by atoms with E-state index in [9.17, 15) is 14.7 Å². The van der Waals surface area contributed by atoms with E-state index in [4.69, 9.17) is 0 Å². The van der Waals surface area contributed by atoms with Gasteiger partial charge >= 0.3 is 5.97 Å². The number of hydrogen-bond acceptors (Lipinski definition) is 3. The summed E-state index contributed by atoms with van der Waals surface area (Å²) in [5, 5.41) is 14.0. The third-order valence-electron chi connectivity index (χ3n) is 7.28. The average molecular weight is 422 g/mol. The van der Waals surface area contributed by atoms with Crippen LogP contribution in [0.25, 0.3) is 5.69 Å². The van der Waals surface area contributed by atoms with Crippen LogP contribution in [0.5, 0.6) is 0 Å². The molecule has 1 saturated heterocycles. The van der Waals surface area contributed by atoms with E-state index in [1.165, 1.54) is 18.2 Å². The summed E-state index contributed by atoms with van der Waals surface area (Å²) in [6.45, 7) is 1.84. The molecule has 164 valence electrons. The maximum Gasteiger partial charge on any atom is 0.339 e. The van der Waals surface area contributed by atoms with Gasteiger partial charge in [-0.1, -0.05) is 18.6 Å². The number of aromatic nitrogens is 2. The predicted molar refractivity (Wildman–Crippen MR) is 118 cm³/mol. The minimum Gasteiger partial charge on any atom is -0.478 e. The number of rotatable bonds is 5. The van der Waals surface area contributed by atoms with E-state index in [0.29, 0.717) is 23.3 Å². The SMILES string of the molecule is O=C(O)c1cnn(-c2cccc(C3CCC[C@H](C(=O)N4CCCCC4)C3)c2)c1C1CC1. The maximum atomic E-state index is 13.1. The topological polar surface area (TPSA) is 75.4 Å². The second-order valence-electron chi connectivity index (χ2n) is 9.48. The van der Waals surface area contributed by atoms with Gasteiger partial charge in [-0.3, -0.25) is 4.79 Å². The van der Waals surface area contributed by atoms with E-state index in [-0.39, 0.29) is 5.92 Å². The van der Waals surface area contributed by atoms with E-state index in [2.05, 4.69) is 22.1 Å². The fourth-order valence-corrected chi connectivity index (χ4v) is 5.48. The van der Waals surface area contributed by atoms with Gasteiger partial charge in [0, 0.05) is 24.9 Å². The van der Waals surface area contributed by atoms with Crippen LogP contribution in [-0.4, -0.2) is 44.8 Å². The van der Waals surface area contributed by atoms with Gasteiger partial charge in [0.2, 0.25) is 5.91 Å². The number of piperidine rings is 1. The number of amides is 1. The third kappa shape index (κ3) is 4.12. The van der Waals surface area contributed by atoms with E-state index < -0.39 is 5.97 Å². The number of carboxylic acids is 1. The minimum absolute atomic E-state index is 0.130. The number of aromatic carboxylic acids is 1. The molecule has 3 fully saturated rings. The summed E-state index contributed by atoms with van der Waals surface area (Å²) in [7, 11) is 0. The Morgan fingerprint density at radius 3 is 2.52 bits per heavy atom. The van der Waals surface area contributed by atoms with Crippen molar-refractivity contribution < 1.29 is 14.7 Å². The largest absolute Gasteiger partial charge is 0.478 e. The van der Waals surface area contributed by atoms with Gasteiger partial charge in [-0.15, -0.1) is 0 Å². The molecule has 2 aliphatic carbocycles. The Hall–Kier alpha value is -2.63. The van der Waals surface area contributed by atoms with Crippen molar-refractivity contribution in [2.24, 2.45) is 5.92 Å². The van der Waals surface area contributed by atoms with Crippen LogP contribution in [0.1, 0.15) is 91.2 Å². The highest BCUT2D eigenvalue weighted by Crippen LogP contribution is 2.43. The molecule has 6 nitrogen and oxygen atoms in total. The van der Waals surface area contributed by atoms with Gasteiger partial charge in [-0.2, -0.15) is 5.10 Å². The first-order valence-electron chi connectivity index (χ1n) is 11.8. The summed E-state index contributed by atoms with van der Waals surface area (Å²) in [6, 6.07) is 8.36. The smallest absolute Gasteiger partial charge is 0.339 e. The summed E-state index contributed by atoms with van der Waals surface area (Å²) < 4.78 is 1.82. The van der Waals surface area contributed by atoms with Gasteiger partial charge < -0.3 is 10.0 Å². The third-order valence-corrected chi connectivity index (χ3v) is 7.28. The fourth-order valence-electron chi connectivity index (χ4n) is 5.48. The molecule has 0 spiro atoms. The molecule has 1 aromatic heterocycles. The molecule has 5 rings (SSSR count). The molecular formula is C25H31N3O3. The number of carbonyl (C=O) groups is 2. The monoisotopic (exact) mass is 421 g/mol. The van der Waals surface area contributed by atoms with Crippen LogP contribution >= 0.6 is 0 Å². The van der Waals surface area contributed by atoms with Crippen molar-refractivity contribution >= 4 is 11.9 Å². The zero-order valence-electron chi connectivity index (χ0n) is 18.0. The molecule has 0 radical (unpaired) electrons. The molecule has 2 heterocycles. The fraction of sp³-hybridized carbons (Fsp3) is 0.560. The molecule has 1 amide bonds. The van der Waals surface area contributed by atoms with Crippen molar-refractivity contribution in [1.82, 2.24) is 14.7 Å². The molecule has 3 aliphatic rings. The van der Waals surface area contributed by atoms with Gasteiger partial charge in [-0.25, -0.2) is 9.48 Å². The van der Waals surface area contributed by atoms with Crippen LogP contribution in [0, 0.1) is 5.92 Å². The van der Waals surface area contributed by atoms with Crippen LogP contribution in [0.2, 0.25) is 0 Å². The second kappa shape index (κ2) is 8.48. The summed E-state index contributed by atoms with van der Waals surface area (Å²) in [4.78, 5) is 26.8. The lowest BCUT2D eigenvalue weighted by Gasteiger charge is -2.34. The Kier molecular flexibility index (Phi) is 5.55. The van der Waals surface area contributed by atoms with E-state index in [1.807, 2.05) is 16.8 Å². The van der Waals surface area contributed by atoms with Gasteiger partial charge in [0.05, 0.1) is 17.6 Å². The summed E-state index contributed by atoms with van der Waals surface area (Å²) in [5.74, 6) is 0.237. The summed E-state index contributed by atoms with van der Waals surface area (Å²) >= 11 is 0. The first-order valence-corrected chi connectivity index (χ1v) is 11.8. The molecule has 1 unspecified atom stereocenters. The van der Waals surface area contributed by atoms with Gasteiger partial charge in [0.1, 0.15) is 5.56 Å². The minimum atomic E-state index is -0.907. The summed E-state index contributed by atoms with van der Waals surface area (Å²) in [6.07, 6.45) is 11.1. The number of benzene rings is 1. The van der Waals surface area contributed by atoms with E-state index in [1.54, 1.807) is 0 Å². The lowest BCUT2D eigenvalue weighted by Crippen LogP contribution is -2.40. The second-order valence-corrected chi connectivity index (χ2v) is 9.48. The Balaban J connectivity index is 1.37. The van der Waals surface area contributed by atoms with Crippen LogP contribution < -0.4 is 0 Å². The lowest BCUT2D eigenvalue weighted by atomic mass is 9.77. The standard InChI is InChI=1S/C25H31N3O3/c29-24(27-12-2-1-3-13-27)20-8-4-6-18(14-20)19-7-5-9-21(15-19)28-23(17-10-11-17)22(16-26-28)25(30)31/h5,7,9,15-18,20H,1-4,6,8,10-14H2,(H,30,31)/t18?,20-/m0/s1. The molecule has 1 aliphatic heterocycles. The van der Waals surface area contributed by atoms with Crippen molar-refractivity contribution in [3.8, 4) is 5.69 Å². The molecule has 2 atom stereocenters. The van der Waals surface area contributed by atoms with Crippen molar-refractivity contribution in [3.63, 3.8) is 0 Å².